The highest BCUT2D eigenvalue weighted by atomic mass is 19.1. The fourth-order valence-corrected chi connectivity index (χ4v) is 1.79. The SMILES string of the molecule is CCN(C(=O)COC)C(C)c1ccc(F)cc1. The maximum Gasteiger partial charge on any atom is 0.249 e. The van der Waals surface area contributed by atoms with Crippen molar-refractivity contribution in [2.75, 3.05) is 20.3 Å². The van der Waals surface area contributed by atoms with E-state index in [1.54, 1.807) is 17.0 Å². The van der Waals surface area contributed by atoms with Crippen LogP contribution in [-0.4, -0.2) is 31.1 Å². The third-order valence-electron chi connectivity index (χ3n) is 2.75. The molecule has 1 rings (SSSR count). The van der Waals surface area contributed by atoms with Gasteiger partial charge in [-0.3, -0.25) is 4.79 Å². The molecule has 0 aliphatic heterocycles. The molecule has 0 radical (unpaired) electrons. The quantitative estimate of drug-likeness (QED) is 0.789. The lowest BCUT2D eigenvalue weighted by atomic mass is 10.1. The molecule has 4 heteroatoms. The molecule has 0 saturated carbocycles. The molecule has 0 aliphatic rings. The number of hydrogen-bond donors (Lipinski definition) is 0. The van der Waals surface area contributed by atoms with Crippen LogP contribution in [-0.2, 0) is 9.53 Å². The van der Waals surface area contributed by atoms with Crippen molar-refractivity contribution < 1.29 is 13.9 Å². The lowest BCUT2D eigenvalue weighted by molar-refractivity contribution is -0.137. The first kappa shape index (κ1) is 13.6. The molecule has 94 valence electrons. The van der Waals surface area contributed by atoms with Crippen LogP contribution in [0, 0.1) is 5.82 Å². The van der Waals surface area contributed by atoms with Gasteiger partial charge >= 0.3 is 0 Å². The summed E-state index contributed by atoms with van der Waals surface area (Å²) in [6, 6.07) is 6.12. The molecule has 0 bridgehead atoms. The van der Waals surface area contributed by atoms with Crippen LogP contribution in [0.2, 0.25) is 0 Å². The van der Waals surface area contributed by atoms with Gasteiger partial charge in [-0.05, 0) is 31.5 Å². The number of ether oxygens (including phenoxy) is 1. The normalized spacial score (nSPS) is 12.2. The summed E-state index contributed by atoms with van der Waals surface area (Å²) in [5.74, 6) is -0.334. The number of halogens is 1. The molecule has 0 aliphatic carbocycles. The van der Waals surface area contributed by atoms with E-state index >= 15 is 0 Å². The number of nitrogens with zero attached hydrogens (tertiary/aromatic N) is 1. The molecule has 1 aromatic rings. The van der Waals surface area contributed by atoms with Crippen molar-refractivity contribution in [1.82, 2.24) is 4.90 Å². The molecule has 1 atom stereocenters. The first-order chi connectivity index (χ1) is 8.10. The van der Waals surface area contributed by atoms with Gasteiger partial charge in [-0.25, -0.2) is 4.39 Å². The second-order valence-electron chi connectivity index (χ2n) is 3.84. The van der Waals surface area contributed by atoms with E-state index in [4.69, 9.17) is 4.74 Å². The van der Waals surface area contributed by atoms with Crippen molar-refractivity contribution in [2.24, 2.45) is 0 Å². The standard InChI is InChI=1S/C13H18FNO2/c1-4-15(13(16)9-17-3)10(2)11-5-7-12(14)8-6-11/h5-8,10H,4,9H2,1-3H3. The predicted octanol–water partition coefficient (Wildman–Crippen LogP) is 2.38. The van der Waals surface area contributed by atoms with Crippen LogP contribution in [0.4, 0.5) is 4.39 Å². The maximum atomic E-state index is 12.8. The van der Waals surface area contributed by atoms with Crippen LogP contribution in [0.25, 0.3) is 0 Å². The van der Waals surface area contributed by atoms with Crippen LogP contribution < -0.4 is 0 Å². The van der Waals surface area contributed by atoms with E-state index in [9.17, 15) is 9.18 Å². The monoisotopic (exact) mass is 239 g/mol. The molecule has 0 saturated heterocycles. The van der Waals surface area contributed by atoms with Crippen LogP contribution >= 0.6 is 0 Å². The number of hydrogen-bond acceptors (Lipinski definition) is 2. The molecule has 0 spiro atoms. The van der Waals surface area contributed by atoms with E-state index in [2.05, 4.69) is 0 Å². The van der Waals surface area contributed by atoms with E-state index in [-0.39, 0.29) is 24.4 Å². The molecule has 1 unspecified atom stereocenters. The number of carbonyl (C=O) groups is 1. The highest BCUT2D eigenvalue weighted by Gasteiger charge is 2.19. The topological polar surface area (TPSA) is 29.5 Å². The average molecular weight is 239 g/mol. The zero-order chi connectivity index (χ0) is 12.8. The third kappa shape index (κ3) is 3.53. The van der Waals surface area contributed by atoms with Gasteiger partial charge in [-0.15, -0.1) is 0 Å². The summed E-state index contributed by atoms with van der Waals surface area (Å²) in [5.41, 5.74) is 0.915. The van der Waals surface area contributed by atoms with E-state index in [0.717, 1.165) is 5.56 Å². The van der Waals surface area contributed by atoms with Gasteiger partial charge in [0.1, 0.15) is 12.4 Å². The van der Waals surface area contributed by atoms with Crippen molar-refractivity contribution in [3.05, 3.63) is 35.6 Å². The summed E-state index contributed by atoms with van der Waals surface area (Å²) in [5, 5.41) is 0. The van der Waals surface area contributed by atoms with E-state index in [1.807, 2.05) is 13.8 Å². The van der Waals surface area contributed by atoms with Crippen LogP contribution in [0.3, 0.4) is 0 Å². The van der Waals surface area contributed by atoms with Gasteiger partial charge in [0, 0.05) is 13.7 Å². The Labute approximate surface area is 101 Å². The lowest BCUT2D eigenvalue weighted by Crippen LogP contribution is -2.35. The zero-order valence-corrected chi connectivity index (χ0v) is 10.4. The first-order valence-electron chi connectivity index (χ1n) is 5.64. The molecule has 0 fully saturated rings. The largest absolute Gasteiger partial charge is 0.375 e. The molecule has 0 heterocycles. The lowest BCUT2D eigenvalue weighted by Gasteiger charge is -2.28. The summed E-state index contributed by atoms with van der Waals surface area (Å²) < 4.78 is 17.7. The molecule has 3 nitrogen and oxygen atoms in total. The van der Waals surface area contributed by atoms with Crippen LogP contribution in [0.5, 0.6) is 0 Å². The molecule has 17 heavy (non-hydrogen) atoms. The summed E-state index contributed by atoms with van der Waals surface area (Å²) >= 11 is 0. The molecule has 1 aromatic carbocycles. The zero-order valence-electron chi connectivity index (χ0n) is 10.4. The summed E-state index contributed by atoms with van der Waals surface area (Å²) in [7, 11) is 1.49. The van der Waals surface area contributed by atoms with Crippen molar-refractivity contribution in [2.45, 2.75) is 19.9 Å². The summed E-state index contributed by atoms with van der Waals surface area (Å²) in [6.45, 7) is 4.50. The summed E-state index contributed by atoms with van der Waals surface area (Å²) in [4.78, 5) is 13.5. The molecule has 0 N–H and O–H groups in total. The summed E-state index contributed by atoms with van der Waals surface area (Å²) in [6.07, 6.45) is 0. The Bertz CT molecular complexity index is 364. The first-order valence-corrected chi connectivity index (χ1v) is 5.64. The smallest absolute Gasteiger partial charge is 0.249 e. The molecule has 1 amide bonds. The Morgan fingerprint density at radius 3 is 2.47 bits per heavy atom. The van der Waals surface area contributed by atoms with Gasteiger partial charge < -0.3 is 9.64 Å². The number of benzene rings is 1. The second kappa shape index (κ2) is 6.35. The van der Waals surface area contributed by atoms with Crippen LogP contribution in [0.1, 0.15) is 25.5 Å². The van der Waals surface area contributed by atoms with Gasteiger partial charge in [-0.1, -0.05) is 12.1 Å². The van der Waals surface area contributed by atoms with Crippen molar-refractivity contribution >= 4 is 5.91 Å². The number of carbonyl (C=O) groups excluding carboxylic acids is 1. The van der Waals surface area contributed by atoms with E-state index in [1.165, 1.54) is 19.2 Å². The van der Waals surface area contributed by atoms with Crippen LogP contribution in [0.15, 0.2) is 24.3 Å². The van der Waals surface area contributed by atoms with Gasteiger partial charge in [0.2, 0.25) is 5.91 Å². The highest BCUT2D eigenvalue weighted by molar-refractivity contribution is 5.77. The molecule has 0 aromatic heterocycles. The predicted molar refractivity (Wildman–Crippen MR) is 64.1 cm³/mol. The van der Waals surface area contributed by atoms with Crippen molar-refractivity contribution in [3.8, 4) is 0 Å². The van der Waals surface area contributed by atoms with Gasteiger partial charge in [0.15, 0.2) is 0 Å². The van der Waals surface area contributed by atoms with Gasteiger partial charge in [0.25, 0.3) is 0 Å². The number of amides is 1. The number of methoxy groups -OCH3 is 1. The Balaban J connectivity index is 2.81. The minimum atomic E-state index is -0.271. The Hall–Kier alpha value is -1.42. The number of likely N-dealkylation sites (N-methyl/N-ethyl adjacent to an activating group) is 1. The minimum absolute atomic E-state index is 0.0631. The Morgan fingerprint density at radius 2 is 2.00 bits per heavy atom. The fraction of sp³-hybridized carbons (Fsp3) is 0.462. The molecular weight excluding hydrogens is 221 g/mol. The van der Waals surface area contributed by atoms with Crippen molar-refractivity contribution in [3.63, 3.8) is 0 Å². The minimum Gasteiger partial charge on any atom is -0.375 e. The van der Waals surface area contributed by atoms with E-state index < -0.39 is 0 Å². The number of rotatable bonds is 5. The van der Waals surface area contributed by atoms with Gasteiger partial charge in [-0.2, -0.15) is 0 Å². The maximum absolute atomic E-state index is 12.8. The third-order valence-corrected chi connectivity index (χ3v) is 2.75. The Morgan fingerprint density at radius 1 is 1.41 bits per heavy atom. The average Bonchev–Trinajstić information content (AvgIpc) is 2.31. The highest BCUT2D eigenvalue weighted by Crippen LogP contribution is 2.20. The van der Waals surface area contributed by atoms with E-state index in [0.29, 0.717) is 6.54 Å². The Kier molecular flexibility index (Phi) is 5.10. The fourth-order valence-electron chi connectivity index (χ4n) is 1.79. The second-order valence-corrected chi connectivity index (χ2v) is 3.84. The van der Waals surface area contributed by atoms with Crippen molar-refractivity contribution in [1.29, 1.82) is 0 Å². The molecular formula is C13H18FNO2. The van der Waals surface area contributed by atoms with Gasteiger partial charge in [0.05, 0.1) is 6.04 Å².